The first-order valence-electron chi connectivity index (χ1n) is 4.60. The molecular weight excluding hydrogens is 240 g/mol. The molecular formula is C10H8N4S2. The number of aromatic nitrogens is 2. The molecule has 1 aromatic carbocycles. The van der Waals surface area contributed by atoms with Gasteiger partial charge in [-0.05, 0) is 12.1 Å². The molecule has 4 nitrogen and oxygen atoms in total. The molecule has 80 valence electrons. The molecule has 0 aliphatic carbocycles. The highest BCUT2D eigenvalue weighted by Crippen LogP contribution is 2.36. The molecule has 2 aromatic heterocycles. The van der Waals surface area contributed by atoms with Gasteiger partial charge in [-0.1, -0.05) is 0 Å². The minimum Gasteiger partial charge on any atom is -0.398 e. The number of hydrogen-bond donors (Lipinski definition) is 2. The van der Waals surface area contributed by atoms with Gasteiger partial charge in [-0.2, -0.15) is 0 Å². The molecule has 0 radical (unpaired) electrons. The molecule has 0 spiro atoms. The predicted molar refractivity (Wildman–Crippen MR) is 69.6 cm³/mol. The highest BCUT2D eigenvalue weighted by molar-refractivity contribution is 7.25. The van der Waals surface area contributed by atoms with Gasteiger partial charge in [0.1, 0.15) is 5.52 Å². The average molecular weight is 248 g/mol. The fourth-order valence-electron chi connectivity index (χ4n) is 1.47. The molecule has 3 aromatic rings. The van der Waals surface area contributed by atoms with Gasteiger partial charge in [0.2, 0.25) is 0 Å². The Hall–Kier alpha value is -1.66. The summed E-state index contributed by atoms with van der Waals surface area (Å²) in [4.78, 5) is 8.70. The molecule has 0 saturated heterocycles. The SMILES string of the molecule is Nc1ccc(N)c2sc(-c3nccs3)nc12. The monoisotopic (exact) mass is 248 g/mol. The van der Waals surface area contributed by atoms with Crippen LogP contribution in [-0.2, 0) is 0 Å². The van der Waals surface area contributed by atoms with E-state index in [9.17, 15) is 0 Å². The molecule has 0 unspecified atom stereocenters. The molecule has 0 fully saturated rings. The Labute approximate surface area is 99.6 Å². The summed E-state index contributed by atoms with van der Waals surface area (Å²) in [6.45, 7) is 0. The lowest BCUT2D eigenvalue weighted by Gasteiger charge is -1.96. The fraction of sp³-hybridized carbons (Fsp3) is 0. The third-order valence-corrected chi connectivity index (χ3v) is 4.24. The van der Waals surface area contributed by atoms with Crippen LogP contribution in [0.4, 0.5) is 11.4 Å². The molecule has 0 bridgehead atoms. The summed E-state index contributed by atoms with van der Waals surface area (Å²) < 4.78 is 0.935. The summed E-state index contributed by atoms with van der Waals surface area (Å²) in [6, 6.07) is 3.59. The lowest BCUT2D eigenvalue weighted by atomic mass is 10.2. The van der Waals surface area contributed by atoms with E-state index in [1.54, 1.807) is 23.6 Å². The number of thiazole rings is 2. The van der Waals surface area contributed by atoms with Crippen LogP contribution in [0, 0.1) is 0 Å². The van der Waals surface area contributed by atoms with Crippen LogP contribution in [0.2, 0.25) is 0 Å². The first kappa shape index (κ1) is 9.56. The number of anilines is 2. The van der Waals surface area contributed by atoms with Gasteiger partial charge in [-0.25, -0.2) is 9.97 Å². The normalized spacial score (nSPS) is 11.0. The maximum absolute atomic E-state index is 5.89. The number of nitrogens with zero attached hydrogens (tertiary/aromatic N) is 2. The van der Waals surface area contributed by atoms with Gasteiger partial charge in [-0.3, -0.25) is 0 Å². The van der Waals surface area contributed by atoms with E-state index in [1.165, 1.54) is 11.3 Å². The van der Waals surface area contributed by atoms with Crippen LogP contribution in [0.3, 0.4) is 0 Å². The van der Waals surface area contributed by atoms with Crippen molar-refractivity contribution in [2.24, 2.45) is 0 Å². The van der Waals surface area contributed by atoms with Gasteiger partial charge in [0.25, 0.3) is 0 Å². The van der Waals surface area contributed by atoms with E-state index in [4.69, 9.17) is 11.5 Å². The van der Waals surface area contributed by atoms with Crippen molar-refractivity contribution in [3.05, 3.63) is 23.7 Å². The standard InChI is InChI=1S/C10H8N4S2/c11-5-1-2-6(12)8-7(5)14-10(16-8)9-13-3-4-15-9/h1-4H,11-12H2. The third-order valence-electron chi connectivity index (χ3n) is 2.22. The third kappa shape index (κ3) is 1.35. The number of nitrogens with two attached hydrogens (primary N) is 2. The predicted octanol–water partition coefficient (Wildman–Crippen LogP) is 2.58. The molecule has 0 amide bonds. The number of nitrogen functional groups attached to an aromatic ring is 2. The van der Waals surface area contributed by atoms with Crippen LogP contribution in [-0.4, -0.2) is 9.97 Å². The summed E-state index contributed by atoms with van der Waals surface area (Å²) in [6.07, 6.45) is 1.76. The lowest BCUT2D eigenvalue weighted by Crippen LogP contribution is -1.89. The smallest absolute Gasteiger partial charge is 0.153 e. The topological polar surface area (TPSA) is 77.8 Å². The van der Waals surface area contributed by atoms with Crippen molar-refractivity contribution in [3.63, 3.8) is 0 Å². The van der Waals surface area contributed by atoms with E-state index >= 15 is 0 Å². The zero-order valence-electron chi connectivity index (χ0n) is 8.18. The molecule has 6 heteroatoms. The van der Waals surface area contributed by atoms with Crippen molar-refractivity contribution in [1.82, 2.24) is 9.97 Å². The van der Waals surface area contributed by atoms with Crippen molar-refractivity contribution >= 4 is 44.3 Å². The minimum atomic E-state index is 0.656. The summed E-state index contributed by atoms with van der Waals surface area (Å²) in [5, 5.41) is 3.70. The quantitative estimate of drug-likeness (QED) is 0.649. The molecule has 4 N–H and O–H groups in total. The van der Waals surface area contributed by atoms with Crippen molar-refractivity contribution in [1.29, 1.82) is 0 Å². The number of rotatable bonds is 1. The lowest BCUT2D eigenvalue weighted by molar-refractivity contribution is 1.38. The number of fused-ring (bicyclic) bond motifs is 1. The molecule has 0 saturated carbocycles. The number of hydrogen-bond acceptors (Lipinski definition) is 6. The summed E-state index contributed by atoms with van der Waals surface area (Å²) in [7, 11) is 0. The second-order valence-corrected chi connectivity index (χ2v) is 5.17. The fourth-order valence-corrected chi connectivity index (χ4v) is 3.17. The summed E-state index contributed by atoms with van der Waals surface area (Å²) >= 11 is 3.09. The van der Waals surface area contributed by atoms with Crippen molar-refractivity contribution in [2.45, 2.75) is 0 Å². The van der Waals surface area contributed by atoms with Gasteiger partial charge in [-0.15, -0.1) is 22.7 Å². The number of benzene rings is 1. The zero-order chi connectivity index (χ0) is 11.1. The Bertz CT molecular complexity index is 603. The highest BCUT2D eigenvalue weighted by Gasteiger charge is 2.12. The van der Waals surface area contributed by atoms with Crippen LogP contribution >= 0.6 is 22.7 Å². The molecule has 16 heavy (non-hydrogen) atoms. The van der Waals surface area contributed by atoms with Gasteiger partial charge in [0.05, 0.1) is 16.1 Å². The molecule has 0 aliphatic heterocycles. The Balaban J connectivity index is 2.31. The van der Waals surface area contributed by atoms with Crippen LogP contribution in [0.1, 0.15) is 0 Å². The molecule has 2 heterocycles. The van der Waals surface area contributed by atoms with Crippen LogP contribution in [0.25, 0.3) is 20.2 Å². The van der Waals surface area contributed by atoms with E-state index in [0.29, 0.717) is 11.4 Å². The van der Waals surface area contributed by atoms with E-state index < -0.39 is 0 Å². The van der Waals surface area contributed by atoms with Crippen LogP contribution in [0.15, 0.2) is 23.7 Å². The Morgan fingerprint density at radius 3 is 2.56 bits per heavy atom. The second kappa shape index (κ2) is 3.43. The van der Waals surface area contributed by atoms with Crippen LogP contribution in [0.5, 0.6) is 0 Å². The summed E-state index contributed by atoms with van der Waals surface area (Å²) in [5.41, 5.74) is 13.9. The minimum absolute atomic E-state index is 0.656. The van der Waals surface area contributed by atoms with Gasteiger partial charge in [0.15, 0.2) is 10.0 Å². The van der Waals surface area contributed by atoms with E-state index in [0.717, 1.165) is 20.2 Å². The Kier molecular flexibility index (Phi) is 2.05. The second-order valence-electron chi connectivity index (χ2n) is 3.28. The van der Waals surface area contributed by atoms with Gasteiger partial charge >= 0.3 is 0 Å². The molecule has 3 rings (SSSR count). The van der Waals surface area contributed by atoms with Crippen molar-refractivity contribution in [2.75, 3.05) is 11.5 Å². The average Bonchev–Trinajstić information content (AvgIpc) is 2.90. The Morgan fingerprint density at radius 1 is 1.06 bits per heavy atom. The van der Waals surface area contributed by atoms with Crippen LogP contribution < -0.4 is 11.5 Å². The largest absolute Gasteiger partial charge is 0.398 e. The first-order valence-corrected chi connectivity index (χ1v) is 6.29. The Morgan fingerprint density at radius 2 is 1.88 bits per heavy atom. The van der Waals surface area contributed by atoms with Gasteiger partial charge in [0, 0.05) is 11.6 Å². The van der Waals surface area contributed by atoms with E-state index in [1.807, 2.05) is 11.4 Å². The zero-order valence-corrected chi connectivity index (χ0v) is 9.81. The summed E-state index contributed by atoms with van der Waals surface area (Å²) in [5.74, 6) is 0. The first-order chi connectivity index (χ1) is 7.75. The van der Waals surface area contributed by atoms with E-state index in [2.05, 4.69) is 9.97 Å². The van der Waals surface area contributed by atoms with Crippen molar-refractivity contribution < 1.29 is 0 Å². The maximum Gasteiger partial charge on any atom is 0.153 e. The van der Waals surface area contributed by atoms with Gasteiger partial charge < -0.3 is 11.5 Å². The molecule has 0 aliphatic rings. The highest BCUT2D eigenvalue weighted by atomic mass is 32.1. The van der Waals surface area contributed by atoms with E-state index in [-0.39, 0.29) is 0 Å². The molecule has 0 atom stereocenters. The van der Waals surface area contributed by atoms with Crippen molar-refractivity contribution in [3.8, 4) is 10.0 Å². The maximum atomic E-state index is 5.89.